The third kappa shape index (κ3) is 3.62. The first-order valence-corrected chi connectivity index (χ1v) is 11.0. The van der Waals surface area contributed by atoms with E-state index in [1.807, 2.05) is 37.3 Å². The summed E-state index contributed by atoms with van der Waals surface area (Å²) >= 11 is 0. The van der Waals surface area contributed by atoms with Crippen molar-refractivity contribution in [1.82, 2.24) is 29.6 Å². The van der Waals surface area contributed by atoms with Crippen molar-refractivity contribution in [1.29, 1.82) is 0 Å². The van der Waals surface area contributed by atoms with E-state index in [4.69, 9.17) is 0 Å². The maximum absolute atomic E-state index is 13.1. The Morgan fingerprint density at radius 3 is 2.91 bits per heavy atom. The van der Waals surface area contributed by atoms with Crippen LogP contribution in [0.1, 0.15) is 45.8 Å². The van der Waals surface area contributed by atoms with Gasteiger partial charge < -0.3 is 10.3 Å². The van der Waals surface area contributed by atoms with E-state index in [1.54, 1.807) is 17.0 Å². The van der Waals surface area contributed by atoms with Gasteiger partial charge in [0.2, 0.25) is 0 Å². The highest BCUT2D eigenvalue weighted by Gasteiger charge is 2.23. The zero-order valence-electron chi connectivity index (χ0n) is 18.3. The molecule has 0 radical (unpaired) electrons. The third-order valence-corrected chi connectivity index (χ3v) is 6.40. The number of carbonyl (C=O) groups excluding carboxylic acids is 1. The van der Waals surface area contributed by atoms with Gasteiger partial charge >= 0.3 is 5.69 Å². The number of rotatable bonds is 4. The van der Waals surface area contributed by atoms with E-state index in [-0.39, 0.29) is 17.6 Å². The molecule has 1 aliphatic heterocycles. The molecule has 2 N–H and O–H groups in total. The Bertz CT molecular complexity index is 1350. The number of amides is 1. The molecule has 32 heavy (non-hydrogen) atoms. The lowest BCUT2D eigenvalue weighted by molar-refractivity contribution is 0.0934. The van der Waals surface area contributed by atoms with Gasteiger partial charge in [0.1, 0.15) is 5.82 Å². The Balaban J connectivity index is 1.30. The molecule has 1 unspecified atom stereocenters. The lowest BCUT2D eigenvalue weighted by Gasteiger charge is -2.16. The Hall–Kier alpha value is -3.68. The first kappa shape index (κ1) is 20.2. The number of nitrogens with zero attached hydrogens (tertiary/aromatic N) is 4. The molecule has 4 heterocycles. The van der Waals surface area contributed by atoms with Crippen LogP contribution in [0.4, 0.5) is 0 Å². The van der Waals surface area contributed by atoms with Crippen LogP contribution in [-0.4, -0.2) is 36.3 Å². The molecule has 3 aromatic heterocycles. The van der Waals surface area contributed by atoms with Crippen molar-refractivity contribution in [2.24, 2.45) is 0 Å². The average molecular weight is 431 g/mol. The van der Waals surface area contributed by atoms with Gasteiger partial charge in [0.25, 0.3) is 5.91 Å². The van der Waals surface area contributed by atoms with Gasteiger partial charge in [0, 0.05) is 42.5 Å². The van der Waals surface area contributed by atoms with E-state index in [1.165, 1.54) is 4.68 Å². The van der Waals surface area contributed by atoms with Crippen molar-refractivity contribution in [3.63, 3.8) is 0 Å². The van der Waals surface area contributed by atoms with E-state index in [0.29, 0.717) is 31.5 Å². The second-order valence-electron chi connectivity index (χ2n) is 8.47. The maximum Gasteiger partial charge on any atom is 0.346 e. The van der Waals surface area contributed by atoms with Gasteiger partial charge in [-0.1, -0.05) is 18.2 Å². The number of aromatic amines is 1. The fourth-order valence-corrected chi connectivity index (χ4v) is 4.48. The summed E-state index contributed by atoms with van der Waals surface area (Å²) in [6, 6.07) is 9.58. The van der Waals surface area contributed by atoms with Crippen molar-refractivity contribution in [2.75, 3.05) is 0 Å². The molecule has 0 spiro atoms. The van der Waals surface area contributed by atoms with Crippen LogP contribution in [0.25, 0.3) is 10.9 Å². The number of nitrogens with one attached hydrogen (secondary N) is 2. The van der Waals surface area contributed by atoms with Crippen LogP contribution in [0.3, 0.4) is 0 Å². The van der Waals surface area contributed by atoms with E-state index in [0.717, 1.165) is 40.0 Å². The molecule has 1 aliphatic rings. The summed E-state index contributed by atoms with van der Waals surface area (Å²) in [4.78, 5) is 33.4. The number of aryl methyl sites for hydroxylation is 3. The van der Waals surface area contributed by atoms with Gasteiger partial charge in [0.05, 0.1) is 17.6 Å². The molecule has 1 amide bonds. The number of para-hydroxylation sites is 1. The molecule has 8 nitrogen and oxygen atoms in total. The molecule has 0 saturated carbocycles. The number of carbonyl (C=O) groups is 1. The van der Waals surface area contributed by atoms with Crippen LogP contribution >= 0.6 is 0 Å². The minimum Gasteiger partial charge on any atom is -0.358 e. The summed E-state index contributed by atoms with van der Waals surface area (Å²) in [5.74, 6) is 0.684. The molecule has 0 aliphatic carbocycles. The molecule has 8 heteroatoms. The monoisotopic (exact) mass is 430 g/mol. The summed E-state index contributed by atoms with van der Waals surface area (Å²) < 4.78 is 3.24. The van der Waals surface area contributed by atoms with Gasteiger partial charge in [-0.15, -0.1) is 0 Å². The Morgan fingerprint density at radius 2 is 2.09 bits per heavy atom. The van der Waals surface area contributed by atoms with Crippen molar-refractivity contribution in [3.8, 4) is 0 Å². The van der Waals surface area contributed by atoms with E-state index < -0.39 is 0 Å². The molecular weight excluding hydrogens is 404 g/mol. The summed E-state index contributed by atoms with van der Waals surface area (Å²) in [5.41, 5.74) is 4.59. The predicted octanol–water partition coefficient (Wildman–Crippen LogP) is 2.72. The minimum atomic E-state index is -0.113. The van der Waals surface area contributed by atoms with Crippen LogP contribution in [-0.2, 0) is 19.5 Å². The maximum atomic E-state index is 13.1. The molecule has 0 fully saturated rings. The summed E-state index contributed by atoms with van der Waals surface area (Å²) in [6.45, 7) is 5.03. The van der Waals surface area contributed by atoms with E-state index >= 15 is 0 Å². The molecule has 5 rings (SSSR count). The second kappa shape index (κ2) is 8.11. The summed E-state index contributed by atoms with van der Waals surface area (Å²) in [5, 5.41) is 8.80. The fraction of sp³-hybridized carbons (Fsp3) is 0.333. The number of pyridine rings is 1. The highest BCUT2D eigenvalue weighted by Crippen LogP contribution is 2.24. The van der Waals surface area contributed by atoms with Gasteiger partial charge in [-0.2, -0.15) is 5.10 Å². The quantitative estimate of drug-likeness (QED) is 0.520. The molecule has 1 atom stereocenters. The Morgan fingerprint density at radius 1 is 1.22 bits per heavy atom. The summed E-state index contributed by atoms with van der Waals surface area (Å²) in [7, 11) is 0. The van der Waals surface area contributed by atoms with Crippen molar-refractivity contribution >= 4 is 16.8 Å². The lowest BCUT2D eigenvalue weighted by atomic mass is 10.1. The zero-order chi connectivity index (χ0) is 22.2. The molecular formula is C24H26N6O2. The first-order valence-electron chi connectivity index (χ1n) is 11.0. The SMILES string of the molecule is Cc1[nH]c2c(C(=O)NC3CCc4nn(Cc5cccnc5)c(=O)n4CC3)cccc2c1C. The first-order chi connectivity index (χ1) is 15.5. The average Bonchev–Trinajstić information content (AvgIpc) is 3.16. The van der Waals surface area contributed by atoms with Crippen molar-refractivity contribution in [3.05, 3.63) is 81.4 Å². The summed E-state index contributed by atoms with van der Waals surface area (Å²) in [6.07, 6.45) is 5.53. The van der Waals surface area contributed by atoms with Gasteiger partial charge in [0.15, 0.2) is 0 Å². The third-order valence-electron chi connectivity index (χ3n) is 6.40. The van der Waals surface area contributed by atoms with Crippen molar-refractivity contribution in [2.45, 2.75) is 52.2 Å². The van der Waals surface area contributed by atoms with Gasteiger partial charge in [-0.25, -0.2) is 9.48 Å². The highest BCUT2D eigenvalue weighted by molar-refractivity contribution is 6.06. The van der Waals surface area contributed by atoms with Crippen LogP contribution in [0.15, 0.2) is 47.5 Å². The standard InChI is InChI=1S/C24H26N6O2/c1-15-16(2)26-22-19(15)6-3-7-20(22)23(31)27-18-8-9-21-28-30(24(32)29(21)12-10-18)14-17-5-4-11-25-13-17/h3-7,11,13,18,26H,8-10,12,14H2,1-2H3,(H,27,31). The van der Waals surface area contributed by atoms with Crippen LogP contribution in [0, 0.1) is 13.8 Å². The van der Waals surface area contributed by atoms with Gasteiger partial charge in [-0.3, -0.25) is 14.3 Å². The smallest absolute Gasteiger partial charge is 0.346 e. The van der Waals surface area contributed by atoms with Crippen LogP contribution in [0.2, 0.25) is 0 Å². The van der Waals surface area contributed by atoms with Crippen LogP contribution in [0.5, 0.6) is 0 Å². The Labute approximate surface area is 185 Å². The largest absolute Gasteiger partial charge is 0.358 e. The zero-order valence-corrected chi connectivity index (χ0v) is 18.3. The Kier molecular flexibility index (Phi) is 5.13. The topological polar surface area (TPSA) is 97.6 Å². The molecule has 0 bridgehead atoms. The highest BCUT2D eigenvalue weighted by atomic mass is 16.2. The second-order valence-corrected chi connectivity index (χ2v) is 8.47. The number of benzene rings is 1. The predicted molar refractivity (Wildman–Crippen MR) is 122 cm³/mol. The number of aromatic nitrogens is 5. The molecule has 0 saturated heterocycles. The fourth-order valence-electron chi connectivity index (χ4n) is 4.48. The van der Waals surface area contributed by atoms with Gasteiger partial charge in [-0.05, 0) is 49.9 Å². The normalized spacial score (nSPS) is 16.0. The minimum absolute atomic E-state index is 0.0113. The van der Waals surface area contributed by atoms with Crippen LogP contribution < -0.4 is 11.0 Å². The van der Waals surface area contributed by atoms with E-state index in [9.17, 15) is 9.59 Å². The molecule has 1 aromatic carbocycles. The number of fused-ring (bicyclic) bond motifs is 2. The number of hydrogen-bond acceptors (Lipinski definition) is 4. The number of H-pyrrole nitrogens is 1. The molecule has 4 aromatic rings. The van der Waals surface area contributed by atoms with Crippen molar-refractivity contribution < 1.29 is 4.79 Å². The lowest BCUT2D eigenvalue weighted by Crippen LogP contribution is -2.36. The number of hydrogen-bond donors (Lipinski definition) is 2. The molecule has 164 valence electrons. The van der Waals surface area contributed by atoms with E-state index in [2.05, 4.69) is 27.3 Å².